The van der Waals surface area contributed by atoms with Gasteiger partial charge in [0.25, 0.3) is 0 Å². The Bertz CT molecular complexity index is 2500. The molecule has 0 fully saturated rings. The molecule has 0 saturated carbocycles. The zero-order chi connectivity index (χ0) is 32.8. The summed E-state index contributed by atoms with van der Waals surface area (Å²) in [5, 5.41) is 3.95. The number of hydrogen-bond donors (Lipinski definition) is 0. The van der Waals surface area contributed by atoms with Crippen LogP contribution < -0.4 is 0 Å². The van der Waals surface area contributed by atoms with Crippen molar-refractivity contribution in [2.45, 2.75) is 0 Å². The third-order valence-electron chi connectivity index (χ3n) is 7.78. The van der Waals surface area contributed by atoms with Crippen LogP contribution in [0.3, 0.4) is 0 Å². The van der Waals surface area contributed by atoms with Gasteiger partial charge in [-0.1, -0.05) is 146 Å². The molecule has 0 bridgehead atoms. The van der Waals surface area contributed by atoms with E-state index in [0.717, 1.165) is 43.8 Å². The largest absolute Gasteiger partial charge is 0.208 e. The van der Waals surface area contributed by atoms with Gasteiger partial charge in [-0.2, -0.15) is 0 Å². The molecule has 0 N–H and O–H groups in total. The standard InChI is InChI=1S/C41H27N3/c1-3-11-28(12-4-1)32-21-22-35-26-33(23-24-34(35)25-32)31-17-9-18-36(27-31)40-42-39(30-14-5-2-6-15-30)43-41(44-40)38-20-10-16-29-13-7-8-19-37(29)38/h1-27H/i9D,17D,18D,27D. The molecule has 0 radical (unpaired) electrons. The average Bonchev–Trinajstić information content (AvgIpc) is 3.14. The lowest BCUT2D eigenvalue weighted by atomic mass is 9.97. The molecule has 44 heavy (non-hydrogen) atoms. The Hall–Kier alpha value is -5.93. The quantitative estimate of drug-likeness (QED) is 0.208. The fourth-order valence-corrected chi connectivity index (χ4v) is 5.56. The molecule has 0 atom stereocenters. The van der Waals surface area contributed by atoms with Gasteiger partial charge in [-0.05, 0) is 62.0 Å². The highest BCUT2D eigenvalue weighted by atomic mass is 15.0. The number of fused-ring (bicyclic) bond motifs is 2. The maximum absolute atomic E-state index is 9.41. The molecule has 0 aliphatic rings. The topological polar surface area (TPSA) is 38.7 Å². The van der Waals surface area contributed by atoms with Crippen molar-refractivity contribution in [2.24, 2.45) is 0 Å². The van der Waals surface area contributed by atoms with Crippen LogP contribution in [0.1, 0.15) is 5.48 Å². The molecule has 0 saturated heterocycles. The summed E-state index contributed by atoms with van der Waals surface area (Å²) in [4.78, 5) is 14.5. The van der Waals surface area contributed by atoms with Crippen molar-refractivity contribution in [3.63, 3.8) is 0 Å². The SMILES string of the molecule is [2H]c1c([2H])c(-c2ccc3cc(-c4ccccc4)ccc3c2)c([2H])c(-c2nc(-c3ccccc3)nc(-c3cccc4ccccc34)n2)c1[2H]. The Kier molecular flexibility index (Phi) is 5.46. The van der Waals surface area contributed by atoms with E-state index in [1.165, 1.54) is 0 Å². The van der Waals surface area contributed by atoms with Crippen LogP contribution in [0.2, 0.25) is 0 Å². The van der Waals surface area contributed by atoms with Crippen molar-refractivity contribution >= 4 is 21.5 Å². The van der Waals surface area contributed by atoms with Gasteiger partial charge >= 0.3 is 0 Å². The predicted octanol–water partition coefficient (Wildman–Crippen LogP) is 10.5. The summed E-state index contributed by atoms with van der Waals surface area (Å²) in [6.07, 6.45) is 0. The van der Waals surface area contributed by atoms with Crippen LogP contribution in [0.25, 0.3) is 78.0 Å². The number of aromatic nitrogens is 3. The second kappa shape index (κ2) is 11.0. The molecule has 8 rings (SSSR count). The first-order valence-electron chi connectivity index (χ1n) is 16.5. The van der Waals surface area contributed by atoms with Gasteiger partial charge in [0.1, 0.15) is 0 Å². The number of hydrogen-bond acceptors (Lipinski definition) is 3. The fourth-order valence-electron chi connectivity index (χ4n) is 5.56. The second-order valence-corrected chi connectivity index (χ2v) is 10.6. The fraction of sp³-hybridized carbons (Fsp3) is 0. The van der Waals surface area contributed by atoms with Crippen molar-refractivity contribution in [3.8, 4) is 56.4 Å². The molecule has 7 aromatic carbocycles. The minimum Gasteiger partial charge on any atom is -0.208 e. The highest BCUT2D eigenvalue weighted by molar-refractivity contribution is 5.95. The third-order valence-corrected chi connectivity index (χ3v) is 7.78. The molecular formula is C41H27N3. The molecule has 0 aliphatic heterocycles. The maximum Gasteiger partial charge on any atom is 0.164 e. The van der Waals surface area contributed by atoms with Gasteiger partial charge in [0.15, 0.2) is 17.5 Å². The lowest BCUT2D eigenvalue weighted by molar-refractivity contribution is 1.08. The molecule has 0 amide bonds. The number of nitrogens with zero attached hydrogens (tertiary/aromatic N) is 3. The lowest BCUT2D eigenvalue weighted by Gasteiger charge is -2.11. The maximum atomic E-state index is 9.41. The molecule has 0 aliphatic carbocycles. The van der Waals surface area contributed by atoms with Crippen molar-refractivity contribution in [1.29, 1.82) is 0 Å². The minimum absolute atomic E-state index is 0.0738. The van der Waals surface area contributed by atoms with E-state index >= 15 is 0 Å². The van der Waals surface area contributed by atoms with Crippen LogP contribution in [-0.2, 0) is 0 Å². The average molecular weight is 566 g/mol. The van der Waals surface area contributed by atoms with Gasteiger partial charge in [0, 0.05) is 16.7 Å². The first-order valence-corrected chi connectivity index (χ1v) is 14.5. The smallest absolute Gasteiger partial charge is 0.164 e. The number of benzene rings is 7. The molecule has 3 nitrogen and oxygen atoms in total. The molecule has 0 spiro atoms. The Labute approximate surface area is 261 Å². The first kappa shape index (κ1) is 21.7. The molecule has 0 unspecified atom stereocenters. The van der Waals surface area contributed by atoms with Gasteiger partial charge in [-0.25, -0.2) is 15.0 Å². The van der Waals surface area contributed by atoms with Crippen LogP contribution in [0.5, 0.6) is 0 Å². The molecule has 8 aromatic rings. The molecule has 206 valence electrons. The van der Waals surface area contributed by atoms with Crippen molar-refractivity contribution in [1.82, 2.24) is 15.0 Å². The summed E-state index contributed by atoms with van der Waals surface area (Å²) in [7, 11) is 0. The van der Waals surface area contributed by atoms with Crippen LogP contribution in [0.4, 0.5) is 0 Å². The van der Waals surface area contributed by atoms with Crippen molar-refractivity contribution in [3.05, 3.63) is 164 Å². The van der Waals surface area contributed by atoms with E-state index in [2.05, 4.69) is 24.3 Å². The zero-order valence-corrected chi connectivity index (χ0v) is 23.6. The van der Waals surface area contributed by atoms with Crippen molar-refractivity contribution in [2.75, 3.05) is 0 Å². The molecular weight excluding hydrogens is 534 g/mol. The summed E-state index contributed by atoms with van der Waals surface area (Å²) in [5.41, 5.74) is 4.73. The van der Waals surface area contributed by atoms with Crippen molar-refractivity contribution < 1.29 is 5.48 Å². The van der Waals surface area contributed by atoms with Crippen LogP contribution in [0.15, 0.2) is 164 Å². The van der Waals surface area contributed by atoms with Gasteiger partial charge in [0.05, 0.1) is 5.48 Å². The minimum atomic E-state index is -0.288. The summed E-state index contributed by atoms with van der Waals surface area (Å²) >= 11 is 0. The highest BCUT2D eigenvalue weighted by Crippen LogP contribution is 2.33. The molecule has 1 aromatic heterocycles. The lowest BCUT2D eigenvalue weighted by Crippen LogP contribution is -2.00. The van der Waals surface area contributed by atoms with E-state index in [0.29, 0.717) is 17.2 Å². The normalized spacial score (nSPS) is 12.5. The van der Waals surface area contributed by atoms with Crippen LogP contribution in [-0.4, -0.2) is 15.0 Å². The first-order chi connectivity index (χ1) is 23.5. The Morgan fingerprint density at radius 3 is 1.70 bits per heavy atom. The van der Waals surface area contributed by atoms with Gasteiger partial charge in [-0.15, -0.1) is 0 Å². The monoisotopic (exact) mass is 565 g/mol. The third kappa shape index (κ3) is 4.91. The Morgan fingerprint density at radius 1 is 0.386 bits per heavy atom. The van der Waals surface area contributed by atoms with Gasteiger partial charge in [0.2, 0.25) is 0 Å². The summed E-state index contributed by atoms with van der Waals surface area (Å²) in [6.45, 7) is 0. The Morgan fingerprint density at radius 2 is 0.955 bits per heavy atom. The van der Waals surface area contributed by atoms with E-state index in [9.17, 15) is 1.37 Å². The van der Waals surface area contributed by atoms with Gasteiger partial charge < -0.3 is 0 Å². The number of rotatable bonds is 5. The van der Waals surface area contributed by atoms with E-state index in [1.54, 1.807) is 0 Å². The zero-order valence-electron chi connectivity index (χ0n) is 27.6. The van der Waals surface area contributed by atoms with E-state index in [1.807, 2.05) is 115 Å². The van der Waals surface area contributed by atoms with E-state index in [-0.39, 0.29) is 41.1 Å². The van der Waals surface area contributed by atoms with E-state index < -0.39 is 0 Å². The molecule has 1 heterocycles. The Balaban J connectivity index is 1.33. The summed E-state index contributed by atoms with van der Waals surface area (Å²) in [5.74, 6) is 0.910. The summed E-state index contributed by atoms with van der Waals surface area (Å²) in [6, 6.07) is 44.8. The molecule has 3 heteroatoms. The summed E-state index contributed by atoms with van der Waals surface area (Å²) < 4.78 is 36.1. The van der Waals surface area contributed by atoms with Gasteiger partial charge in [-0.3, -0.25) is 0 Å². The predicted molar refractivity (Wildman–Crippen MR) is 182 cm³/mol. The van der Waals surface area contributed by atoms with Crippen LogP contribution >= 0.6 is 0 Å². The van der Waals surface area contributed by atoms with E-state index in [4.69, 9.17) is 19.1 Å². The highest BCUT2D eigenvalue weighted by Gasteiger charge is 2.15. The van der Waals surface area contributed by atoms with Crippen LogP contribution in [0, 0.1) is 0 Å². The second-order valence-electron chi connectivity index (χ2n) is 10.6.